The zero-order chi connectivity index (χ0) is 18.1. The van der Waals surface area contributed by atoms with Crippen LogP contribution in [0, 0.1) is 0 Å². The van der Waals surface area contributed by atoms with Gasteiger partial charge < -0.3 is 4.74 Å². The Balaban J connectivity index is 2.17. The average Bonchev–Trinajstić information content (AvgIpc) is 2.67. The van der Waals surface area contributed by atoms with Gasteiger partial charge in [-0.3, -0.25) is 4.79 Å². The van der Waals surface area contributed by atoms with E-state index in [9.17, 15) is 4.79 Å². The minimum atomic E-state index is 0.0459. The van der Waals surface area contributed by atoms with Crippen molar-refractivity contribution < 1.29 is 9.53 Å². The molecule has 0 atom stereocenters. The molecule has 0 heterocycles. The minimum absolute atomic E-state index is 0.0459. The number of carbonyl (C=O) groups is 1. The summed E-state index contributed by atoms with van der Waals surface area (Å²) in [5.41, 5.74) is 2.59. The first-order valence-electron chi connectivity index (χ1n) is 8.84. The van der Waals surface area contributed by atoms with E-state index >= 15 is 0 Å². The van der Waals surface area contributed by atoms with E-state index in [0.717, 1.165) is 44.7 Å². The molecule has 0 saturated carbocycles. The van der Waals surface area contributed by atoms with E-state index in [4.69, 9.17) is 4.74 Å². The summed E-state index contributed by atoms with van der Waals surface area (Å²) < 4.78 is 6.14. The number of aldehydes is 1. The Labute approximate surface area is 153 Å². The SMILES string of the molecule is CC(C)Oc1ccc2ccccc2c1-c1c(C=O)ccc2ccccc12. The van der Waals surface area contributed by atoms with E-state index in [2.05, 4.69) is 30.3 Å². The summed E-state index contributed by atoms with van der Waals surface area (Å²) in [6, 6.07) is 24.4. The Hall–Kier alpha value is -3.13. The highest BCUT2D eigenvalue weighted by Gasteiger charge is 2.18. The Morgan fingerprint density at radius 2 is 1.31 bits per heavy atom. The topological polar surface area (TPSA) is 26.3 Å². The molecule has 0 saturated heterocycles. The first kappa shape index (κ1) is 16.3. The molecule has 0 aliphatic rings. The quantitative estimate of drug-likeness (QED) is 0.410. The third kappa shape index (κ3) is 2.74. The molecule has 4 rings (SSSR count). The molecule has 26 heavy (non-hydrogen) atoms. The van der Waals surface area contributed by atoms with E-state index in [1.807, 2.05) is 56.3 Å². The smallest absolute Gasteiger partial charge is 0.150 e. The lowest BCUT2D eigenvalue weighted by Crippen LogP contribution is -2.07. The maximum atomic E-state index is 11.9. The lowest BCUT2D eigenvalue weighted by atomic mass is 9.90. The van der Waals surface area contributed by atoms with Crippen LogP contribution in [0.3, 0.4) is 0 Å². The van der Waals surface area contributed by atoms with Crippen LogP contribution >= 0.6 is 0 Å². The third-order valence-electron chi connectivity index (χ3n) is 4.59. The van der Waals surface area contributed by atoms with Crippen LogP contribution in [0.2, 0.25) is 0 Å². The van der Waals surface area contributed by atoms with Crippen LogP contribution in [-0.2, 0) is 0 Å². The fraction of sp³-hybridized carbons (Fsp3) is 0.125. The van der Waals surface area contributed by atoms with Crippen LogP contribution in [0.1, 0.15) is 24.2 Å². The number of fused-ring (bicyclic) bond motifs is 2. The van der Waals surface area contributed by atoms with Crippen molar-refractivity contribution in [1.29, 1.82) is 0 Å². The summed E-state index contributed by atoms with van der Waals surface area (Å²) in [4.78, 5) is 11.9. The summed E-state index contributed by atoms with van der Waals surface area (Å²) >= 11 is 0. The summed E-state index contributed by atoms with van der Waals surface area (Å²) in [6.45, 7) is 4.03. The summed E-state index contributed by atoms with van der Waals surface area (Å²) in [7, 11) is 0. The molecule has 0 bridgehead atoms. The van der Waals surface area contributed by atoms with Gasteiger partial charge in [0.05, 0.1) is 6.10 Å². The molecule has 0 radical (unpaired) electrons. The number of rotatable bonds is 4. The van der Waals surface area contributed by atoms with Crippen LogP contribution in [0.25, 0.3) is 32.7 Å². The van der Waals surface area contributed by atoms with Gasteiger partial charge in [0.1, 0.15) is 5.75 Å². The predicted octanol–water partition coefficient (Wildman–Crippen LogP) is 6.26. The molecule has 0 amide bonds. The van der Waals surface area contributed by atoms with Gasteiger partial charge in [0.2, 0.25) is 0 Å². The van der Waals surface area contributed by atoms with Crippen molar-refractivity contribution in [2.24, 2.45) is 0 Å². The van der Waals surface area contributed by atoms with Crippen molar-refractivity contribution in [3.05, 3.63) is 78.4 Å². The molecule has 0 spiro atoms. The number of carbonyl (C=O) groups excluding carboxylic acids is 1. The van der Waals surface area contributed by atoms with Gasteiger partial charge in [0, 0.05) is 16.7 Å². The molecule has 2 heteroatoms. The Bertz CT molecular complexity index is 1110. The molecule has 0 unspecified atom stereocenters. The van der Waals surface area contributed by atoms with Crippen molar-refractivity contribution in [3.8, 4) is 16.9 Å². The van der Waals surface area contributed by atoms with E-state index in [0.29, 0.717) is 5.56 Å². The molecule has 0 aliphatic heterocycles. The molecule has 0 N–H and O–H groups in total. The van der Waals surface area contributed by atoms with Gasteiger partial charge >= 0.3 is 0 Å². The second kappa shape index (κ2) is 6.64. The summed E-state index contributed by atoms with van der Waals surface area (Å²) in [5, 5.41) is 4.38. The third-order valence-corrected chi connectivity index (χ3v) is 4.59. The lowest BCUT2D eigenvalue weighted by molar-refractivity contribution is 0.112. The second-order valence-corrected chi connectivity index (χ2v) is 6.70. The Morgan fingerprint density at radius 3 is 1.92 bits per heavy atom. The molecule has 2 nitrogen and oxygen atoms in total. The van der Waals surface area contributed by atoms with E-state index in [1.165, 1.54) is 0 Å². The van der Waals surface area contributed by atoms with Crippen molar-refractivity contribution in [2.45, 2.75) is 20.0 Å². The first-order chi connectivity index (χ1) is 12.7. The monoisotopic (exact) mass is 340 g/mol. The van der Waals surface area contributed by atoms with Gasteiger partial charge in [-0.1, -0.05) is 66.7 Å². The van der Waals surface area contributed by atoms with E-state index < -0.39 is 0 Å². The van der Waals surface area contributed by atoms with Crippen LogP contribution in [-0.4, -0.2) is 12.4 Å². The Morgan fingerprint density at radius 1 is 0.731 bits per heavy atom. The van der Waals surface area contributed by atoms with Crippen LogP contribution in [0.15, 0.2) is 72.8 Å². The van der Waals surface area contributed by atoms with Crippen LogP contribution < -0.4 is 4.74 Å². The van der Waals surface area contributed by atoms with Gasteiger partial charge in [-0.15, -0.1) is 0 Å². The van der Waals surface area contributed by atoms with Crippen molar-refractivity contribution in [3.63, 3.8) is 0 Å². The lowest BCUT2D eigenvalue weighted by Gasteiger charge is -2.19. The van der Waals surface area contributed by atoms with Crippen molar-refractivity contribution in [1.82, 2.24) is 0 Å². The van der Waals surface area contributed by atoms with Gasteiger partial charge in [-0.25, -0.2) is 0 Å². The van der Waals surface area contributed by atoms with E-state index in [1.54, 1.807) is 0 Å². The van der Waals surface area contributed by atoms with Crippen molar-refractivity contribution >= 4 is 27.8 Å². The maximum Gasteiger partial charge on any atom is 0.150 e. The predicted molar refractivity (Wildman–Crippen MR) is 108 cm³/mol. The molecule has 4 aromatic carbocycles. The molecule has 0 aliphatic carbocycles. The highest BCUT2D eigenvalue weighted by atomic mass is 16.5. The van der Waals surface area contributed by atoms with Gasteiger partial charge in [-0.05, 0) is 41.5 Å². The van der Waals surface area contributed by atoms with Gasteiger partial charge in [0.25, 0.3) is 0 Å². The molecular formula is C24H20O2. The van der Waals surface area contributed by atoms with Crippen LogP contribution in [0.5, 0.6) is 5.75 Å². The zero-order valence-corrected chi connectivity index (χ0v) is 14.9. The largest absolute Gasteiger partial charge is 0.490 e. The molecule has 0 fully saturated rings. The normalized spacial score (nSPS) is 11.2. The maximum absolute atomic E-state index is 11.9. The van der Waals surface area contributed by atoms with Crippen LogP contribution in [0.4, 0.5) is 0 Å². The number of hydrogen-bond acceptors (Lipinski definition) is 2. The second-order valence-electron chi connectivity index (χ2n) is 6.70. The van der Waals surface area contributed by atoms with Gasteiger partial charge in [0.15, 0.2) is 6.29 Å². The minimum Gasteiger partial charge on any atom is -0.490 e. The number of benzene rings is 4. The van der Waals surface area contributed by atoms with Gasteiger partial charge in [-0.2, -0.15) is 0 Å². The molecular weight excluding hydrogens is 320 g/mol. The highest BCUT2D eigenvalue weighted by Crippen LogP contribution is 2.42. The highest BCUT2D eigenvalue weighted by molar-refractivity contribution is 6.12. The first-order valence-corrected chi connectivity index (χ1v) is 8.84. The zero-order valence-electron chi connectivity index (χ0n) is 14.9. The standard InChI is InChI=1S/C24H20O2/c1-16(2)26-22-14-13-18-8-4-6-10-21(18)24(22)23-19(15-25)12-11-17-7-3-5-9-20(17)23/h3-16H,1-2H3. The number of hydrogen-bond donors (Lipinski definition) is 0. The summed E-state index contributed by atoms with van der Waals surface area (Å²) in [5.74, 6) is 0.804. The average molecular weight is 340 g/mol. The fourth-order valence-corrected chi connectivity index (χ4v) is 3.53. The fourth-order valence-electron chi connectivity index (χ4n) is 3.53. The van der Waals surface area contributed by atoms with E-state index in [-0.39, 0.29) is 6.10 Å². The molecule has 128 valence electrons. The Kier molecular flexibility index (Phi) is 4.18. The number of ether oxygens (including phenoxy) is 1. The summed E-state index contributed by atoms with van der Waals surface area (Å²) in [6.07, 6.45) is 0.979. The van der Waals surface area contributed by atoms with Crippen molar-refractivity contribution in [2.75, 3.05) is 0 Å². The molecule has 4 aromatic rings. The molecule has 0 aromatic heterocycles.